The first-order chi connectivity index (χ1) is 16.0. The van der Waals surface area contributed by atoms with Crippen molar-refractivity contribution in [2.75, 3.05) is 6.61 Å². The Kier molecular flexibility index (Phi) is 8.94. The minimum absolute atomic E-state index is 0.126. The molecule has 9 heteroatoms. The first-order valence-corrected chi connectivity index (χ1v) is 10.6. The molecule has 33 heavy (non-hydrogen) atoms. The molecule has 2 atom stereocenters. The van der Waals surface area contributed by atoms with Crippen LogP contribution in [0, 0.1) is 11.3 Å². The van der Waals surface area contributed by atoms with E-state index in [1.165, 1.54) is 0 Å². The molecule has 0 fully saturated rings. The summed E-state index contributed by atoms with van der Waals surface area (Å²) in [7, 11) is -1.71. The van der Waals surface area contributed by atoms with E-state index in [2.05, 4.69) is 21.4 Å². The Labute approximate surface area is 193 Å². The van der Waals surface area contributed by atoms with Crippen LogP contribution in [0.25, 0.3) is 0 Å². The van der Waals surface area contributed by atoms with Gasteiger partial charge in [0, 0.05) is 25.0 Å². The van der Waals surface area contributed by atoms with Gasteiger partial charge < -0.3 is 20.1 Å². The number of nitrogens with one attached hydrogen (secondary N) is 1. The highest BCUT2D eigenvalue weighted by atomic mass is 16.5. The van der Waals surface area contributed by atoms with E-state index in [4.69, 9.17) is 4.74 Å². The van der Waals surface area contributed by atoms with Crippen molar-refractivity contribution in [3.05, 3.63) is 95.6 Å². The number of alkyl carbamates (subject to hydrolysis) is 1. The van der Waals surface area contributed by atoms with E-state index >= 15 is 0 Å². The van der Waals surface area contributed by atoms with Crippen LogP contribution in [-0.4, -0.2) is 45.8 Å². The minimum Gasteiger partial charge on any atom is -0.449 e. The number of nitriles is 1. The molecule has 168 valence electrons. The van der Waals surface area contributed by atoms with Crippen LogP contribution in [0.2, 0.25) is 0 Å². The fourth-order valence-electron chi connectivity index (χ4n) is 3.41. The normalized spacial score (nSPS) is 12.3. The van der Waals surface area contributed by atoms with Gasteiger partial charge in [-0.05, 0) is 29.5 Å². The first-order valence-electron chi connectivity index (χ1n) is 10.6. The molecule has 1 amide bonds. The summed E-state index contributed by atoms with van der Waals surface area (Å²) in [5.74, 6) is -1.28. The highest BCUT2D eigenvalue weighted by Gasteiger charge is 2.26. The molecular weight excluding hydrogens is 419 g/mol. The van der Waals surface area contributed by atoms with Crippen molar-refractivity contribution in [2.24, 2.45) is 0 Å². The van der Waals surface area contributed by atoms with Crippen molar-refractivity contribution in [3.63, 3.8) is 0 Å². The number of nitrogens with zero attached hydrogens (tertiary/aromatic N) is 3. The van der Waals surface area contributed by atoms with E-state index in [0.29, 0.717) is 18.5 Å². The molecule has 0 saturated carbocycles. The number of aromatic nitrogens is 2. The third-order valence-corrected chi connectivity index (χ3v) is 5.11. The lowest BCUT2D eigenvalue weighted by atomic mass is 9.76. The zero-order valence-electron chi connectivity index (χ0n) is 18.0. The highest BCUT2D eigenvalue weighted by Crippen LogP contribution is 2.18. The molecule has 1 heterocycles. The van der Waals surface area contributed by atoms with Gasteiger partial charge in [-0.1, -0.05) is 54.6 Å². The molecule has 0 aliphatic rings. The Morgan fingerprint density at radius 3 is 2.52 bits per heavy atom. The largest absolute Gasteiger partial charge is 0.475 e. The van der Waals surface area contributed by atoms with E-state index in [1.807, 2.05) is 54.6 Å². The Balaban J connectivity index is 1.50. The average Bonchev–Trinajstić information content (AvgIpc) is 2.83. The van der Waals surface area contributed by atoms with Crippen LogP contribution in [0.4, 0.5) is 4.79 Å². The van der Waals surface area contributed by atoms with Crippen molar-refractivity contribution in [1.29, 1.82) is 5.26 Å². The Morgan fingerprint density at radius 2 is 1.82 bits per heavy atom. The first kappa shape index (κ1) is 23.9. The topological polar surface area (TPSA) is 128 Å². The standard InChI is InChI=1S/C24H25BN4O4/c26-16-21(22-17-27-10-11-28-22)14-20-8-4-7-19(13-20)9-12-33-24(30)29-23(25(31)32)15-18-5-2-1-3-6-18/h1-8,10-11,13,17,21,23,31-32H,9,12,14-15H2,(H,29,30)/t21?,23-/m0/s1. The number of amides is 1. The van der Waals surface area contributed by atoms with Crippen LogP contribution in [0.5, 0.6) is 0 Å². The third kappa shape index (κ3) is 7.72. The zero-order chi connectivity index (χ0) is 23.5. The summed E-state index contributed by atoms with van der Waals surface area (Å²) >= 11 is 0. The Morgan fingerprint density at radius 1 is 1.06 bits per heavy atom. The summed E-state index contributed by atoms with van der Waals surface area (Å²) in [6.45, 7) is 0.126. The molecule has 0 saturated heterocycles. The number of hydrogen-bond donors (Lipinski definition) is 3. The van der Waals surface area contributed by atoms with Crippen LogP contribution in [-0.2, 0) is 24.0 Å². The second-order valence-electron chi connectivity index (χ2n) is 7.58. The van der Waals surface area contributed by atoms with Crippen LogP contribution in [0.1, 0.15) is 28.3 Å². The lowest BCUT2D eigenvalue weighted by Gasteiger charge is -2.17. The van der Waals surface area contributed by atoms with E-state index in [0.717, 1.165) is 16.7 Å². The van der Waals surface area contributed by atoms with Crippen LogP contribution in [0.3, 0.4) is 0 Å². The lowest BCUT2D eigenvalue weighted by molar-refractivity contribution is 0.144. The minimum atomic E-state index is -1.71. The zero-order valence-corrected chi connectivity index (χ0v) is 18.0. The van der Waals surface area contributed by atoms with E-state index < -0.39 is 25.1 Å². The SMILES string of the molecule is N#CC(Cc1cccc(CCOC(=O)N[C@@H](Cc2ccccc2)B(O)O)c1)c1cnccn1. The summed E-state index contributed by atoms with van der Waals surface area (Å²) in [5.41, 5.74) is 3.42. The second-order valence-corrected chi connectivity index (χ2v) is 7.58. The molecule has 0 radical (unpaired) electrons. The van der Waals surface area contributed by atoms with Crippen LogP contribution >= 0.6 is 0 Å². The predicted octanol–water partition coefficient (Wildman–Crippen LogP) is 2.22. The van der Waals surface area contributed by atoms with Gasteiger partial charge in [0.25, 0.3) is 0 Å². The van der Waals surface area contributed by atoms with Crippen molar-refractivity contribution >= 4 is 13.2 Å². The monoisotopic (exact) mass is 444 g/mol. The molecule has 0 aliphatic heterocycles. The van der Waals surface area contributed by atoms with Gasteiger partial charge in [0.2, 0.25) is 0 Å². The van der Waals surface area contributed by atoms with Crippen LogP contribution < -0.4 is 5.32 Å². The van der Waals surface area contributed by atoms with Gasteiger partial charge >= 0.3 is 13.2 Å². The second kappa shape index (κ2) is 12.3. The van der Waals surface area contributed by atoms with Crippen molar-refractivity contribution < 1.29 is 19.6 Å². The molecular formula is C24H25BN4O4. The lowest BCUT2D eigenvalue weighted by Crippen LogP contribution is -2.48. The maximum Gasteiger partial charge on any atom is 0.475 e. The van der Waals surface area contributed by atoms with Gasteiger partial charge in [-0.15, -0.1) is 0 Å². The molecule has 3 rings (SSSR count). The molecule has 1 unspecified atom stereocenters. The summed E-state index contributed by atoms with van der Waals surface area (Å²) in [4.78, 5) is 20.4. The molecule has 0 aliphatic carbocycles. The molecule has 0 bridgehead atoms. The smallest absolute Gasteiger partial charge is 0.449 e. The number of benzene rings is 2. The maximum absolute atomic E-state index is 12.1. The van der Waals surface area contributed by atoms with Crippen molar-refractivity contribution in [1.82, 2.24) is 15.3 Å². The van der Waals surface area contributed by atoms with E-state index in [9.17, 15) is 20.1 Å². The van der Waals surface area contributed by atoms with Crippen molar-refractivity contribution in [2.45, 2.75) is 31.1 Å². The van der Waals surface area contributed by atoms with Gasteiger partial charge in [0.1, 0.15) is 0 Å². The number of rotatable bonds is 10. The number of carbonyl (C=O) groups excluding carboxylic acids is 1. The summed E-state index contributed by atoms with van der Waals surface area (Å²) in [5, 5.41) is 31.2. The van der Waals surface area contributed by atoms with E-state index in [-0.39, 0.29) is 13.0 Å². The van der Waals surface area contributed by atoms with Gasteiger partial charge in [0.15, 0.2) is 0 Å². The molecule has 8 nitrogen and oxygen atoms in total. The molecule has 1 aromatic heterocycles. The molecule has 2 aromatic carbocycles. The maximum atomic E-state index is 12.1. The summed E-state index contributed by atoms with van der Waals surface area (Å²) in [6.07, 6.45) is 5.26. The molecule has 3 N–H and O–H groups in total. The number of ether oxygens (including phenoxy) is 1. The number of hydrogen-bond acceptors (Lipinski definition) is 7. The van der Waals surface area contributed by atoms with Crippen LogP contribution in [0.15, 0.2) is 73.2 Å². The predicted molar refractivity (Wildman–Crippen MR) is 123 cm³/mol. The Bertz CT molecular complexity index is 1060. The highest BCUT2D eigenvalue weighted by molar-refractivity contribution is 6.43. The fourth-order valence-corrected chi connectivity index (χ4v) is 3.41. The fraction of sp³-hybridized carbons (Fsp3) is 0.250. The Hall–Kier alpha value is -3.74. The third-order valence-electron chi connectivity index (χ3n) is 5.11. The van der Waals surface area contributed by atoms with Gasteiger partial charge in [-0.3, -0.25) is 9.97 Å². The summed E-state index contributed by atoms with van der Waals surface area (Å²) in [6, 6.07) is 19.2. The number of carbonyl (C=O) groups is 1. The average molecular weight is 444 g/mol. The van der Waals surface area contributed by atoms with E-state index in [1.54, 1.807) is 18.6 Å². The van der Waals surface area contributed by atoms with Gasteiger partial charge in [0.05, 0.1) is 30.2 Å². The summed E-state index contributed by atoms with van der Waals surface area (Å²) < 4.78 is 5.23. The quantitative estimate of drug-likeness (QED) is 0.409. The molecule has 0 spiro atoms. The van der Waals surface area contributed by atoms with Crippen molar-refractivity contribution in [3.8, 4) is 6.07 Å². The molecule has 3 aromatic rings. The van der Waals surface area contributed by atoms with Gasteiger partial charge in [-0.2, -0.15) is 5.26 Å². The van der Waals surface area contributed by atoms with Gasteiger partial charge in [-0.25, -0.2) is 4.79 Å².